The highest BCUT2D eigenvalue weighted by Gasteiger charge is 2.46. The van der Waals surface area contributed by atoms with Gasteiger partial charge in [0.2, 0.25) is 0 Å². The minimum atomic E-state index is -0.541. The maximum absolute atomic E-state index is 2.37. The lowest BCUT2D eigenvalue weighted by Crippen LogP contribution is -2.28. The van der Waals surface area contributed by atoms with Gasteiger partial charge in [-0.2, -0.15) is 0 Å². The topological polar surface area (TPSA) is 6.48 Å². The van der Waals surface area contributed by atoms with Crippen LogP contribution in [0.15, 0.2) is 255 Å². The molecule has 9 aromatic carbocycles. The van der Waals surface area contributed by atoms with Gasteiger partial charge in [-0.1, -0.05) is 182 Å². The van der Waals surface area contributed by atoms with E-state index in [-0.39, 0.29) is 0 Å². The number of allylic oxidation sites excluding steroid dienone is 4. The highest BCUT2D eigenvalue weighted by molar-refractivity contribution is 5.88. The Morgan fingerprint density at radius 1 is 0.317 bits per heavy atom. The van der Waals surface area contributed by atoms with Gasteiger partial charge >= 0.3 is 0 Å². The van der Waals surface area contributed by atoms with Crippen molar-refractivity contribution in [1.82, 2.24) is 0 Å². The molecule has 0 aromatic heterocycles. The summed E-state index contributed by atoms with van der Waals surface area (Å²) in [5.41, 5.74) is 18.8. The van der Waals surface area contributed by atoms with E-state index in [0.29, 0.717) is 0 Å². The summed E-state index contributed by atoms with van der Waals surface area (Å²) >= 11 is 0. The molecule has 0 radical (unpaired) electrons. The number of para-hydroxylation sites is 2. The molecule has 0 heterocycles. The molecule has 0 unspecified atom stereocenters. The molecule has 11 rings (SSSR count). The second kappa shape index (κ2) is 16.5. The van der Waals surface area contributed by atoms with Crippen LogP contribution in [-0.2, 0) is 5.41 Å². The van der Waals surface area contributed by atoms with Crippen molar-refractivity contribution in [3.05, 3.63) is 283 Å². The van der Waals surface area contributed by atoms with E-state index in [1.807, 2.05) is 0 Å². The van der Waals surface area contributed by atoms with Crippen LogP contribution in [-0.4, -0.2) is 0 Å². The van der Waals surface area contributed by atoms with E-state index in [0.717, 1.165) is 47.0 Å². The Bertz CT molecular complexity index is 3010. The minimum Gasteiger partial charge on any atom is -0.311 e. The number of hydrogen-bond acceptors (Lipinski definition) is 2. The molecule has 0 amide bonds. The number of benzene rings is 9. The molecule has 9 aromatic rings. The molecule has 0 saturated carbocycles. The largest absolute Gasteiger partial charge is 0.311 e. The van der Waals surface area contributed by atoms with Gasteiger partial charge in [0.1, 0.15) is 0 Å². The molecule has 2 nitrogen and oxygen atoms in total. The normalized spacial score (nSPS) is 13.4. The molecule has 0 saturated heterocycles. The van der Waals surface area contributed by atoms with Gasteiger partial charge in [-0.15, -0.1) is 0 Å². The standard InChI is InChI=1S/C61H46N2/c1-5-17-45(18-6-1)47-29-37-53(38-30-47)62(51-21-9-3-10-22-51)55-41-33-49(34-42-55)61(59-27-15-13-25-57(59)58-26-14-16-28-60(58)61)50-35-43-56(44-36-50)63(52-23-11-4-12-24-52)54-39-31-48(32-40-54)46-19-7-2-8-20-46/h1-7,9-19,21-44H,8,20H2. The zero-order valence-corrected chi connectivity index (χ0v) is 35.1. The van der Waals surface area contributed by atoms with Crippen LogP contribution in [0.5, 0.6) is 0 Å². The summed E-state index contributed by atoms with van der Waals surface area (Å²) < 4.78 is 0. The molecule has 63 heavy (non-hydrogen) atoms. The van der Waals surface area contributed by atoms with E-state index in [9.17, 15) is 0 Å². The highest BCUT2D eigenvalue weighted by atomic mass is 15.1. The summed E-state index contributed by atoms with van der Waals surface area (Å²) in [5.74, 6) is 0. The monoisotopic (exact) mass is 806 g/mol. The van der Waals surface area contributed by atoms with Gasteiger partial charge in [-0.25, -0.2) is 0 Å². The summed E-state index contributed by atoms with van der Waals surface area (Å²) in [4.78, 5) is 4.72. The van der Waals surface area contributed by atoms with Crippen molar-refractivity contribution in [2.45, 2.75) is 18.3 Å². The van der Waals surface area contributed by atoms with Crippen molar-refractivity contribution in [2.24, 2.45) is 0 Å². The molecule has 0 N–H and O–H groups in total. The Labute approximate surface area is 371 Å². The third-order valence-corrected chi connectivity index (χ3v) is 12.8. The second-order valence-corrected chi connectivity index (χ2v) is 16.4. The van der Waals surface area contributed by atoms with Crippen LogP contribution in [0.3, 0.4) is 0 Å². The van der Waals surface area contributed by atoms with Crippen LogP contribution in [0.25, 0.3) is 27.8 Å². The third-order valence-electron chi connectivity index (χ3n) is 12.8. The highest BCUT2D eigenvalue weighted by Crippen LogP contribution is 2.56. The lowest BCUT2D eigenvalue weighted by Gasteiger charge is -2.35. The SMILES string of the molecule is C1=CCCC(c2ccc(N(c3ccccc3)c3ccc(C4(c5ccc(N(c6ccccc6)c6ccc(-c7ccccc7)cc6)cc5)c5ccccc5-c5ccccc54)cc3)cc2)=C1. The third kappa shape index (κ3) is 6.87. The van der Waals surface area contributed by atoms with Gasteiger partial charge in [-0.3, -0.25) is 0 Å². The van der Waals surface area contributed by atoms with Gasteiger partial charge < -0.3 is 9.80 Å². The summed E-state index contributed by atoms with van der Waals surface area (Å²) in [7, 11) is 0. The number of nitrogens with zero attached hydrogens (tertiary/aromatic N) is 2. The fourth-order valence-corrected chi connectivity index (χ4v) is 9.89. The summed E-state index contributed by atoms with van der Waals surface area (Å²) in [6.07, 6.45) is 8.84. The molecular weight excluding hydrogens is 761 g/mol. The van der Waals surface area contributed by atoms with Crippen molar-refractivity contribution in [3.8, 4) is 22.3 Å². The number of rotatable bonds is 10. The molecule has 0 aliphatic heterocycles. The smallest absolute Gasteiger partial charge is 0.0713 e. The predicted octanol–water partition coefficient (Wildman–Crippen LogP) is 16.4. The van der Waals surface area contributed by atoms with Crippen molar-refractivity contribution < 1.29 is 0 Å². The quantitative estimate of drug-likeness (QED) is 0.136. The van der Waals surface area contributed by atoms with E-state index in [2.05, 4.69) is 265 Å². The van der Waals surface area contributed by atoms with Crippen molar-refractivity contribution in [3.63, 3.8) is 0 Å². The fraction of sp³-hybridized carbons (Fsp3) is 0.0492. The van der Waals surface area contributed by atoms with E-state index in [1.165, 1.54) is 55.6 Å². The summed E-state index contributed by atoms with van der Waals surface area (Å²) in [5, 5.41) is 0. The summed E-state index contributed by atoms with van der Waals surface area (Å²) in [6.45, 7) is 0. The molecule has 0 spiro atoms. The number of fused-ring (bicyclic) bond motifs is 3. The first-order chi connectivity index (χ1) is 31.3. The zero-order chi connectivity index (χ0) is 42.0. The Morgan fingerprint density at radius 2 is 0.683 bits per heavy atom. The lowest BCUT2D eigenvalue weighted by molar-refractivity contribution is 0.768. The lowest BCUT2D eigenvalue weighted by atomic mass is 9.67. The molecule has 0 atom stereocenters. The van der Waals surface area contributed by atoms with E-state index < -0.39 is 5.41 Å². The predicted molar refractivity (Wildman–Crippen MR) is 265 cm³/mol. The second-order valence-electron chi connectivity index (χ2n) is 16.4. The first-order valence-electron chi connectivity index (χ1n) is 22.0. The maximum Gasteiger partial charge on any atom is 0.0713 e. The zero-order valence-electron chi connectivity index (χ0n) is 35.1. The molecule has 0 bridgehead atoms. The first-order valence-corrected chi connectivity index (χ1v) is 22.0. The van der Waals surface area contributed by atoms with Gasteiger partial charge in [0.15, 0.2) is 0 Å². The molecular formula is C61H46N2. The molecule has 2 aliphatic carbocycles. The average molecular weight is 807 g/mol. The van der Waals surface area contributed by atoms with Gasteiger partial charge in [0, 0.05) is 34.1 Å². The molecule has 300 valence electrons. The Balaban J connectivity index is 1.02. The Hall–Kier alpha value is -7.94. The van der Waals surface area contributed by atoms with Crippen molar-refractivity contribution in [2.75, 3.05) is 9.80 Å². The van der Waals surface area contributed by atoms with Crippen LogP contribution in [0.4, 0.5) is 34.1 Å². The van der Waals surface area contributed by atoms with Crippen LogP contribution in [0.2, 0.25) is 0 Å². The average Bonchev–Trinajstić information content (AvgIpc) is 3.67. The minimum absolute atomic E-state index is 0.541. The Morgan fingerprint density at radius 3 is 1.13 bits per heavy atom. The van der Waals surface area contributed by atoms with Crippen LogP contribution in [0, 0.1) is 0 Å². The van der Waals surface area contributed by atoms with E-state index in [1.54, 1.807) is 0 Å². The van der Waals surface area contributed by atoms with E-state index in [4.69, 9.17) is 0 Å². The van der Waals surface area contributed by atoms with Gasteiger partial charge in [-0.05, 0) is 141 Å². The number of anilines is 6. The maximum atomic E-state index is 2.37. The van der Waals surface area contributed by atoms with E-state index >= 15 is 0 Å². The molecule has 2 heteroatoms. The van der Waals surface area contributed by atoms with Crippen molar-refractivity contribution in [1.29, 1.82) is 0 Å². The van der Waals surface area contributed by atoms with Crippen LogP contribution >= 0.6 is 0 Å². The van der Waals surface area contributed by atoms with Crippen LogP contribution in [0.1, 0.15) is 40.7 Å². The Kier molecular flexibility index (Phi) is 9.95. The van der Waals surface area contributed by atoms with Gasteiger partial charge in [0.25, 0.3) is 0 Å². The molecule has 2 aliphatic rings. The fourth-order valence-electron chi connectivity index (χ4n) is 9.89. The van der Waals surface area contributed by atoms with Crippen molar-refractivity contribution >= 4 is 39.7 Å². The summed E-state index contributed by atoms with van der Waals surface area (Å²) in [6, 6.07) is 86.5. The first kappa shape index (κ1) is 38.0. The molecule has 0 fully saturated rings. The van der Waals surface area contributed by atoms with Crippen LogP contribution < -0.4 is 9.80 Å². The number of hydrogen-bond donors (Lipinski definition) is 0. The van der Waals surface area contributed by atoms with Gasteiger partial charge in [0.05, 0.1) is 5.41 Å².